The van der Waals surface area contributed by atoms with E-state index in [2.05, 4.69) is 10.5 Å². The number of carboxylic acids is 1. The Morgan fingerprint density at radius 2 is 2.08 bits per heavy atom. The van der Waals surface area contributed by atoms with E-state index < -0.39 is 12.0 Å². The molecule has 2 fully saturated rings. The molecule has 2 aliphatic heterocycles. The molecular formula is C20H25N3O3. The van der Waals surface area contributed by atoms with Crippen molar-refractivity contribution >= 4 is 5.97 Å². The predicted molar refractivity (Wildman–Crippen MR) is 97.7 cm³/mol. The Balaban J connectivity index is 1.50. The average molecular weight is 355 g/mol. The van der Waals surface area contributed by atoms with Crippen molar-refractivity contribution in [2.75, 3.05) is 19.6 Å². The lowest BCUT2D eigenvalue weighted by Crippen LogP contribution is -2.38. The third kappa shape index (κ3) is 3.39. The topological polar surface area (TPSA) is 78.6 Å². The number of aliphatic carboxylic acids is 1. The second-order valence-electron chi connectivity index (χ2n) is 7.76. The highest BCUT2D eigenvalue weighted by Gasteiger charge is 2.47. The number of piperidine rings is 1. The smallest absolute Gasteiger partial charge is 0.320 e. The Hall–Kier alpha value is -2.18. The van der Waals surface area contributed by atoms with Gasteiger partial charge in [0.1, 0.15) is 11.7 Å². The number of carbonyl (C=O) groups is 1. The number of likely N-dealkylation sites (tertiary alicyclic amines) is 1. The fraction of sp³-hybridized carbons (Fsp3) is 0.500. The molecule has 2 saturated heterocycles. The number of nitrogens with one attached hydrogen (secondary N) is 1. The minimum atomic E-state index is -0.737. The Morgan fingerprint density at radius 3 is 2.77 bits per heavy atom. The molecule has 0 saturated carbocycles. The standard InChI is InChI=1S/C20H25N3O3/c1-14-2-4-15(5-3-14)17-10-16(26-22-17)12-23-13-20(6-8-21-9-7-20)11-18(23)19(24)25/h2-5,10,18,21H,6-9,11-13H2,1H3,(H,24,25). The van der Waals surface area contributed by atoms with Crippen LogP contribution >= 0.6 is 0 Å². The van der Waals surface area contributed by atoms with Crippen LogP contribution in [0.15, 0.2) is 34.9 Å². The highest BCUT2D eigenvalue weighted by atomic mass is 16.5. The summed E-state index contributed by atoms with van der Waals surface area (Å²) in [6, 6.07) is 9.63. The highest BCUT2D eigenvalue weighted by Crippen LogP contribution is 2.42. The number of aryl methyl sites for hydroxylation is 1. The molecule has 4 rings (SSSR count). The molecule has 26 heavy (non-hydrogen) atoms. The molecule has 138 valence electrons. The zero-order valence-electron chi connectivity index (χ0n) is 15.1. The fourth-order valence-corrected chi connectivity index (χ4v) is 4.32. The SMILES string of the molecule is Cc1ccc(-c2cc(CN3CC4(CCNCC4)CC3C(=O)O)on2)cc1. The van der Waals surface area contributed by atoms with Crippen LogP contribution in [-0.2, 0) is 11.3 Å². The van der Waals surface area contributed by atoms with Crippen molar-refractivity contribution in [3.63, 3.8) is 0 Å². The number of carboxylic acid groups (broad SMARTS) is 1. The molecule has 2 N–H and O–H groups in total. The largest absolute Gasteiger partial charge is 0.480 e. The minimum absolute atomic E-state index is 0.119. The summed E-state index contributed by atoms with van der Waals surface area (Å²) in [6.45, 7) is 5.30. The molecule has 2 aromatic rings. The van der Waals surface area contributed by atoms with Gasteiger partial charge < -0.3 is 14.9 Å². The molecule has 1 atom stereocenters. The zero-order valence-corrected chi connectivity index (χ0v) is 15.1. The van der Waals surface area contributed by atoms with E-state index in [0.29, 0.717) is 6.54 Å². The van der Waals surface area contributed by atoms with E-state index >= 15 is 0 Å². The second-order valence-corrected chi connectivity index (χ2v) is 7.76. The Labute approximate surface area is 153 Å². The van der Waals surface area contributed by atoms with Gasteiger partial charge in [0.05, 0.1) is 6.54 Å². The van der Waals surface area contributed by atoms with Crippen LogP contribution in [0.3, 0.4) is 0 Å². The van der Waals surface area contributed by atoms with E-state index in [1.54, 1.807) is 0 Å². The molecule has 1 aromatic carbocycles. The van der Waals surface area contributed by atoms with E-state index in [4.69, 9.17) is 4.52 Å². The van der Waals surface area contributed by atoms with E-state index in [0.717, 1.165) is 55.9 Å². The average Bonchev–Trinajstić information content (AvgIpc) is 3.22. The predicted octanol–water partition coefficient (Wildman–Crippen LogP) is 2.68. The van der Waals surface area contributed by atoms with Crippen LogP contribution in [0.25, 0.3) is 11.3 Å². The quantitative estimate of drug-likeness (QED) is 0.878. The van der Waals surface area contributed by atoms with E-state index in [1.165, 1.54) is 5.56 Å². The van der Waals surface area contributed by atoms with Crippen LogP contribution in [0.1, 0.15) is 30.6 Å². The molecular weight excluding hydrogens is 330 g/mol. The molecule has 0 radical (unpaired) electrons. The third-order valence-corrected chi connectivity index (χ3v) is 5.82. The van der Waals surface area contributed by atoms with Gasteiger partial charge in [-0.15, -0.1) is 0 Å². The fourth-order valence-electron chi connectivity index (χ4n) is 4.32. The zero-order chi connectivity index (χ0) is 18.1. The Kier molecular flexibility index (Phi) is 4.54. The number of benzene rings is 1. The monoisotopic (exact) mass is 355 g/mol. The van der Waals surface area contributed by atoms with Crippen molar-refractivity contribution in [2.24, 2.45) is 5.41 Å². The van der Waals surface area contributed by atoms with Gasteiger partial charge in [-0.05, 0) is 44.7 Å². The molecule has 6 heteroatoms. The molecule has 2 aliphatic rings. The van der Waals surface area contributed by atoms with Crippen LogP contribution in [0.2, 0.25) is 0 Å². The summed E-state index contributed by atoms with van der Waals surface area (Å²) >= 11 is 0. The van der Waals surface area contributed by atoms with Crippen LogP contribution in [0, 0.1) is 12.3 Å². The molecule has 1 aromatic heterocycles. The molecule has 3 heterocycles. The first-order chi connectivity index (χ1) is 12.5. The summed E-state index contributed by atoms with van der Waals surface area (Å²) in [5.74, 6) is -0.0171. The summed E-state index contributed by atoms with van der Waals surface area (Å²) in [6.07, 6.45) is 2.81. The number of rotatable bonds is 4. The van der Waals surface area contributed by atoms with Crippen molar-refractivity contribution in [3.05, 3.63) is 41.7 Å². The van der Waals surface area contributed by atoms with Crippen molar-refractivity contribution in [1.82, 2.24) is 15.4 Å². The van der Waals surface area contributed by atoms with Crippen LogP contribution < -0.4 is 5.32 Å². The van der Waals surface area contributed by atoms with Gasteiger partial charge in [0.2, 0.25) is 0 Å². The van der Waals surface area contributed by atoms with Crippen molar-refractivity contribution < 1.29 is 14.4 Å². The summed E-state index contributed by atoms with van der Waals surface area (Å²) in [5.41, 5.74) is 3.12. The molecule has 1 spiro atoms. The molecule has 1 unspecified atom stereocenters. The van der Waals surface area contributed by atoms with Crippen molar-refractivity contribution in [1.29, 1.82) is 0 Å². The van der Waals surface area contributed by atoms with Gasteiger partial charge in [-0.25, -0.2) is 0 Å². The minimum Gasteiger partial charge on any atom is -0.480 e. The molecule has 0 amide bonds. The maximum Gasteiger partial charge on any atom is 0.320 e. The molecule has 6 nitrogen and oxygen atoms in total. The van der Waals surface area contributed by atoms with Crippen molar-refractivity contribution in [3.8, 4) is 11.3 Å². The number of hydrogen-bond acceptors (Lipinski definition) is 5. The van der Waals surface area contributed by atoms with Crippen molar-refractivity contribution in [2.45, 2.75) is 38.8 Å². The first kappa shape index (κ1) is 17.2. The van der Waals surface area contributed by atoms with Gasteiger partial charge in [0.25, 0.3) is 0 Å². The Bertz CT molecular complexity index is 778. The first-order valence-corrected chi connectivity index (χ1v) is 9.25. The highest BCUT2D eigenvalue weighted by molar-refractivity contribution is 5.74. The number of nitrogens with zero attached hydrogens (tertiary/aromatic N) is 2. The summed E-state index contributed by atoms with van der Waals surface area (Å²) < 4.78 is 5.52. The maximum atomic E-state index is 11.8. The number of aromatic nitrogens is 1. The normalized spacial score (nSPS) is 22.7. The maximum absolute atomic E-state index is 11.8. The van der Waals surface area contributed by atoms with Crippen LogP contribution in [-0.4, -0.2) is 46.8 Å². The van der Waals surface area contributed by atoms with Gasteiger partial charge in [0.15, 0.2) is 5.76 Å². The summed E-state index contributed by atoms with van der Waals surface area (Å²) in [7, 11) is 0. The van der Waals surface area contributed by atoms with Gasteiger partial charge >= 0.3 is 5.97 Å². The third-order valence-electron chi connectivity index (χ3n) is 5.82. The van der Waals surface area contributed by atoms with Gasteiger partial charge in [-0.2, -0.15) is 0 Å². The summed E-state index contributed by atoms with van der Waals surface area (Å²) in [4.78, 5) is 13.8. The lowest BCUT2D eigenvalue weighted by atomic mass is 9.77. The summed E-state index contributed by atoms with van der Waals surface area (Å²) in [5, 5.41) is 17.2. The van der Waals surface area contributed by atoms with E-state index in [9.17, 15) is 9.90 Å². The van der Waals surface area contributed by atoms with E-state index in [1.807, 2.05) is 42.2 Å². The Morgan fingerprint density at radius 1 is 1.35 bits per heavy atom. The van der Waals surface area contributed by atoms with Gasteiger partial charge in [-0.3, -0.25) is 9.69 Å². The second kappa shape index (κ2) is 6.85. The van der Waals surface area contributed by atoms with Gasteiger partial charge in [-0.1, -0.05) is 35.0 Å². The first-order valence-electron chi connectivity index (χ1n) is 9.25. The van der Waals surface area contributed by atoms with Gasteiger partial charge in [0, 0.05) is 18.2 Å². The number of hydrogen-bond donors (Lipinski definition) is 2. The lowest BCUT2D eigenvalue weighted by Gasteiger charge is -2.33. The molecule has 0 bridgehead atoms. The van der Waals surface area contributed by atoms with E-state index in [-0.39, 0.29) is 5.41 Å². The lowest BCUT2D eigenvalue weighted by molar-refractivity contribution is -0.142. The van der Waals surface area contributed by atoms with Crippen LogP contribution in [0.5, 0.6) is 0 Å². The van der Waals surface area contributed by atoms with Crippen LogP contribution in [0.4, 0.5) is 0 Å². The molecule has 0 aliphatic carbocycles.